The van der Waals surface area contributed by atoms with E-state index in [1.54, 1.807) is 6.92 Å². The standard InChI is InChI=1S/C24H24Br2N2O3S/c1-4-31-23(30)21-20(18-9-14(26)12-32-18)19-16(10-24(2,3)11-17(19)29)28(22(21)27)15-7-5-13(25)6-8-15/h5-9,12,20H,4,10-11,27H2,1-3H3/t20-/m0/s1. The molecular weight excluding hydrogens is 556 g/mol. The number of ketones is 1. The van der Waals surface area contributed by atoms with Gasteiger partial charge in [-0.15, -0.1) is 11.3 Å². The molecule has 0 fully saturated rings. The molecule has 1 atom stereocenters. The lowest BCUT2D eigenvalue weighted by atomic mass is 9.69. The third-order valence-corrected chi connectivity index (χ3v) is 8.00. The largest absolute Gasteiger partial charge is 0.463 e. The molecule has 32 heavy (non-hydrogen) atoms. The van der Waals surface area contributed by atoms with Crippen LogP contribution >= 0.6 is 43.2 Å². The van der Waals surface area contributed by atoms with Crippen LogP contribution in [0.15, 0.2) is 67.3 Å². The molecule has 2 aromatic rings. The summed E-state index contributed by atoms with van der Waals surface area (Å²) in [7, 11) is 0. The van der Waals surface area contributed by atoms with Crippen molar-refractivity contribution in [1.29, 1.82) is 0 Å². The zero-order valence-corrected chi connectivity index (χ0v) is 22.1. The Balaban J connectivity index is 2.01. The van der Waals surface area contributed by atoms with Gasteiger partial charge in [-0.3, -0.25) is 9.69 Å². The van der Waals surface area contributed by atoms with E-state index in [-0.39, 0.29) is 17.8 Å². The van der Waals surface area contributed by atoms with Crippen molar-refractivity contribution in [2.45, 2.75) is 39.5 Å². The van der Waals surface area contributed by atoms with Gasteiger partial charge in [0.2, 0.25) is 0 Å². The molecule has 0 amide bonds. The molecule has 0 saturated carbocycles. The fourth-order valence-electron chi connectivity index (χ4n) is 4.47. The lowest BCUT2D eigenvalue weighted by Gasteiger charge is -2.44. The van der Waals surface area contributed by atoms with Crippen LogP contribution < -0.4 is 10.6 Å². The monoisotopic (exact) mass is 578 g/mol. The number of halogens is 2. The summed E-state index contributed by atoms with van der Waals surface area (Å²) in [4.78, 5) is 29.5. The third-order valence-electron chi connectivity index (χ3n) is 5.71. The normalized spacial score (nSPS) is 20.5. The van der Waals surface area contributed by atoms with E-state index in [1.165, 1.54) is 11.3 Å². The van der Waals surface area contributed by atoms with E-state index >= 15 is 0 Å². The predicted molar refractivity (Wildman–Crippen MR) is 134 cm³/mol. The molecular formula is C24H24Br2N2O3S. The number of anilines is 1. The summed E-state index contributed by atoms with van der Waals surface area (Å²) in [5.74, 6) is -0.687. The van der Waals surface area contributed by atoms with Crippen molar-refractivity contribution in [3.8, 4) is 0 Å². The van der Waals surface area contributed by atoms with E-state index in [9.17, 15) is 9.59 Å². The maximum Gasteiger partial charge on any atom is 0.338 e. The highest BCUT2D eigenvalue weighted by Crippen LogP contribution is 2.51. The first kappa shape index (κ1) is 23.3. The minimum atomic E-state index is -0.546. The maximum absolute atomic E-state index is 13.6. The fourth-order valence-corrected chi connectivity index (χ4v) is 6.29. The Hall–Kier alpha value is -1.90. The van der Waals surface area contributed by atoms with Gasteiger partial charge in [-0.1, -0.05) is 29.8 Å². The number of allylic oxidation sites excluding steroid dienone is 2. The maximum atomic E-state index is 13.6. The summed E-state index contributed by atoms with van der Waals surface area (Å²) < 4.78 is 7.25. The van der Waals surface area contributed by atoms with Gasteiger partial charge in [-0.2, -0.15) is 0 Å². The molecule has 0 radical (unpaired) electrons. The van der Waals surface area contributed by atoms with Gasteiger partial charge in [0.1, 0.15) is 5.82 Å². The molecule has 8 heteroatoms. The zero-order valence-electron chi connectivity index (χ0n) is 18.1. The van der Waals surface area contributed by atoms with Gasteiger partial charge < -0.3 is 10.5 Å². The van der Waals surface area contributed by atoms with Crippen LogP contribution in [0.5, 0.6) is 0 Å². The number of hydrogen-bond acceptors (Lipinski definition) is 6. The van der Waals surface area contributed by atoms with Gasteiger partial charge in [0.05, 0.1) is 18.1 Å². The molecule has 0 unspecified atom stereocenters. The quantitative estimate of drug-likeness (QED) is 0.433. The van der Waals surface area contributed by atoms with Crippen LogP contribution in [0.1, 0.15) is 44.4 Å². The van der Waals surface area contributed by atoms with Crippen LogP contribution in [0.4, 0.5) is 5.69 Å². The summed E-state index contributed by atoms with van der Waals surface area (Å²) in [5.41, 5.74) is 9.13. The number of nitrogens with two attached hydrogens (primary N) is 1. The molecule has 0 spiro atoms. The van der Waals surface area contributed by atoms with Gasteiger partial charge in [0.15, 0.2) is 5.78 Å². The Labute approximate surface area is 208 Å². The Bertz CT molecular complexity index is 1150. The number of esters is 1. The van der Waals surface area contributed by atoms with Gasteiger partial charge in [-0.05, 0) is 65.0 Å². The molecule has 1 aliphatic carbocycles. The van der Waals surface area contributed by atoms with Crippen LogP contribution in [0.2, 0.25) is 0 Å². The summed E-state index contributed by atoms with van der Waals surface area (Å²) >= 11 is 8.48. The molecule has 4 rings (SSSR count). The topological polar surface area (TPSA) is 72.6 Å². The first-order chi connectivity index (χ1) is 15.1. The van der Waals surface area contributed by atoms with Crippen LogP contribution in [0.25, 0.3) is 0 Å². The zero-order chi connectivity index (χ0) is 23.2. The molecule has 168 valence electrons. The van der Waals surface area contributed by atoms with E-state index in [2.05, 4.69) is 45.7 Å². The lowest BCUT2D eigenvalue weighted by molar-refractivity contribution is -0.138. The van der Waals surface area contributed by atoms with Crippen molar-refractivity contribution in [2.24, 2.45) is 11.1 Å². The van der Waals surface area contributed by atoms with Crippen molar-refractivity contribution in [1.82, 2.24) is 0 Å². The second-order valence-corrected chi connectivity index (χ2v) is 11.5. The minimum Gasteiger partial charge on any atom is -0.463 e. The summed E-state index contributed by atoms with van der Waals surface area (Å²) in [6, 6.07) is 9.65. The van der Waals surface area contributed by atoms with Gasteiger partial charge in [0, 0.05) is 42.6 Å². The third kappa shape index (κ3) is 4.20. The number of thiophene rings is 1. The molecule has 2 aliphatic rings. The average Bonchev–Trinajstić information content (AvgIpc) is 3.13. The minimum absolute atomic E-state index is 0.0437. The molecule has 1 aliphatic heterocycles. The van der Waals surface area contributed by atoms with Crippen LogP contribution in [-0.2, 0) is 14.3 Å². The second-order valence-electron chi connectivity index (χ2n) is 8.73. The molecule has 1 aromatic carbocycles. The summed E-state index contributed by atoms with van der Waals surface area (Å²) in [5, 5.41) is 1.95. The molecule has 2 N–H and O–H groups in total. The number of carbonyl (C=O) groups is 2. The summed E-state index contributed by atoms with van der Waals surface area (Å²) in [6.07, 6.45) is 1.09. The smallest absolute Gasteiger partial charge is 0.338 e. The molecule has 0 saturated heterocycles. The number of hydrogen-bond donors (Lipinski definition) is 1. The first-order valence-electron chi connectivity index (χ1n) is 10.4. The Kier molecular flexibility index (Phi) is 6.40. The summed E-state index contributed by atoms with van der Waals surface area (Å²) in [6.45, 7) is 6.17. The van der Waals surface area contributed by atoms with Gasteiger partial charge >= 0.3 is 5.97 Å². The van der Waals surface area contributed by atoms with Crippen molar-refractivity contribution in [3.05, 3.63) is 72.2 Å². The number of carbonyl (C=O) groups excluding carboxylic acids is 2. The molecule has 0 bridgehead atoms. The predicted octanol–water partition coefficient (Wildman–Crippen LogP) is 6.25. The van der Waals surface area contributed by atoms with Crippen molar-refractivity contribution in [2.75, 3.05) is 11.5 Å². The highest BCUT2D eigenvalue weighted by atomic mass is 79.9. The van der Waals surface area contributed by atoms with Crippen molar-refractivity contribution >= 4 is 60.6 Å². The second kappa shape index (κ2) is 8.80. The lowest BCUT2D eigenvalue weighted by Crippen LogP contribution is -2.43. The van der Waals surface area contributed by atoms with E-state index in [0.717, 1.165) is 25.2 Å². The van der Waals surface area contributed by atoms with Crippen LogP contribution in [-0.4, -0.2) is 18.4 Å². The number of ether oxygens (including phenoxy) is 1. The number of Topliss-reactive ketones (excluding diaryl/α,β-unsaturated/α-hetero) is 1. The highest BCUT2D eigenvalue weighted by molar-refractivity contribution is 9.10. The molecule has 5 nitrogen and oxygen atoms in total. The Morgan fingerprint density at radius 2 is 1.91 bits per heavy atom. The fraction of sp³-hybridized carbons (Fsp3) is 0.333. The SMILES string of the molecule is CCOC(=O)C1=C(N)N(c2ccc(Br)cc2)C2=C(C(=O)CC(C)(C)C2)[C@@H]1c1cc(Br)cs1. The van der Waals surface area contributed by atoms with Crippen molar-refractivity contribution < 1.29 is 14.3 Å². The number of benzene rings is 1. The Morgan fingerprint density at radius 1 is 1.22 bits per heavy atom. The van der Waals surface area contributed by atoms with Crippen LogP contribution in [0, 0.1) is 5.41 Å². The highest BCUT2D eigenvalue weighted by Gasteiger charge is 2.47. The van der Waals surface area contributed by atoms with Gasteiger partial charge in [0.25, 0.3) is 0 Å². The van der Waals surface area contributed by atoms with E-state index in [1.807, 2.05) is 40.6 Å². The molecule has 1 aromatic heterocycles. The first-order valence-corrected chi connectivity index (χ1v) is 12.8. The number of nitrogens with zero attached hydrogens (tertiary/aromatic N) is 1. The van der Waals surface area contributed by atoms with Crippen molar-refractivity contribution in [3.63, 3.8) is 0 Å². The van der Waals surface area contributed by atoms with Crippen LogP contribution in [0.3, 0.4) is 0 Å². The van der Waals surface area contributed by atoms with E-state index < -0.39 is 11.9 Å². The van der Waals surface area contributed by atoms with E-state index in [0.29, 0.717) is 29.8 Å². The molecule has 2 heterocycles. The average molecular weight is 580 g/mol. The number of rotatable bonds is 4. The van der Waals surface area contributed by atoms with Gasteiger partial charge in [-0.25, -0.2) is 4.79 Å². The Morgan fingerprint density at radius 3 is 2.50 bits per heavy atom. The van der Waals surface area contributed by atoms with E-state index in [4.69, 9.17) is 10.5 Å².